The van der Waals surface area contributed by atoms with Gasteiger partial charge in [-0.15, -0.1) is 0 Å². The number of anilines is 2. The van der Waals surface area contributed by atoms with E-state index in [0.717, 1.165) is 17.0 Å². The lowest BCUT2D eigenvalue weighted by Crippen LogP contribution is -2.45. The smallest absolute Gasteiger partial charge is 0.253 e. The molecule has 0 radical (unpaired) electrons. The van der Waals surface area contributed by atoms with E-state index in [1.165, 1.54) is 13.0 Å². The van der Waals surface area contributed by atoms with E-state index in [-0.39, 0.29) is 11.6 Å². The maximum atomic E-state index is 13.0. The molecule has 2 N–H and O–H groups in total. The number of hydrogen-bond donors (Lipinski definition) is 2. The van der Waals surface area contributed by atoms with Gasteiger partial charge < -0.3 is 20.1 Å². The average molecular weight is 462 g/mol. The fraction of sp³-hybridized carbons (Fsp3) is 0.364. The first-order chi connectivity index (χ1) is 15.2. The predicted octanol–water partition coefficient (Wildman–Crippen LogP) is 2.39. The van der Waals surface area contributed by atoms with E-state index < -0.39 is 22.0 Å². The van der Waals surface area contributed by atoms with E-state index in [4.69, 9.17) is 9.47 Å². The van der Waals surface area contributed by atoms with Gasteiger partial charge in [0.05, 0.1) is 23.2 Å². The van der Waals surface area contributed by atoms with Gasteiger partial charge in [-0.2, -0.15) is 0 Å². The Hall–Kier alpha value is -3.27. The number of rotatable bonds is 8. The summed E-state index contributed by atoms with van der Waals surface area (Å²) < 4.78 is 37.2. The lowest BCUT2D eigenvalue weighted by atomic mass is 10.1. The number of hydrogen-bond acceptors (Lipinski definition) is 6. The minimum Gasteiger partial charge on any atom is -0.486 e. The third-order valence-electron chi connectivity index (χ3n) is 4.83. The van der Waals surface area contributed by atoms with Crippen LogP contribution in [0.5, 0.6) is 11.5 Å². The third-order valence-corrected chi connectivity index (χ3v) is 6.08. The topological polar surface area (TPSA) is 114 Å². The Morgan fingerprint density at radius 1 is 1.09 bits per heavy atom. The van der Waals surface area contributed by atoms with E-state index in [2.05, 4.69) is 10.6 Å². The summed E-state index contributed by atoms with van der Waals surface area (Å²) in [7, 11) is -3.82. The number of sulfonamides is 1. The van der Waals surface area contributed by atoms with Crippen molar-refractivity contribution in [1.29, 1.82) is 0 Å². The Morgan fingerprint density at radius 3 is 2.47 bits per heavy atom. The predicted molar refractivity (Wildman–Crippen MR) is 122 cm³/mol. The SMILES string of the molecule is CCCNC(=O)c1ccccc1NC(=O)[C@H](C)N(c1ccc2c(c1)OCCO2)S(C)(=O)=O. The van der Waals surface area contributed by atoms with Gasteiger partial charge in [0.2, 0.25) is 15.9 Å². The van der Waals surface area contributed by atoms with E-state index >= 15 is 0 Å². The van der Waals surface area contributed by atoms with Crippen LogP contribution in [0, 0.1) is 0 Å². The molecule has 0 bridgehead atoms. The quantitative estimate of drug-likeness (QED) is 0.624. The standard InChI is InChI=1S/C22H27N3O6S/c1-4-11-23-22(27)17-7-5-6-8-18(17)24-21(26)15(2)25(32(3,28)29)16-9-10-19-20(14-16)31-13-12-30-19/h5-10,14-15H,4,11-13H2,1-3H3,(H,23,27)(H,24,26)/t15-/m0/s1. The minimum atomic E-state index is -3.82. The van der Waals surface area contributed by atoms with Crippen molar-refractivity contribution in [2.75, 3.05) is 35.6 Å². The van der Waals surface area contributed by atoms with Crippen LogP contribution in [0.15, 0.2) is 42.5 Å². The molecule has 1 heterocycles. The highest BCUT2D eigenvalue weighted by molar-refractivity contribution is 7.92. The lowest BCUT2D eigenvalue weighted by Gasteiger charge is -2.29. The molecule has 1 atom stereocenters. The van der Waals surface area contributed by atoms with Gasteiger partial charge in [0, 0.05) is 12.6 Å². The first-order valence-electron chi connectivity index (χ1n) is 10.3. The molecule has 2 aromatic carbocycles. The van der Waals surface area contributed by atoms with Gasteiger partial charge in [0.15, 0.2) is 11.5 Å². The minimum absolute atomic E-state index is 0.272. The lowest BCUT2D eigenvalue weighted by molar-refractivity contribution is -0.116. The van der Waals surface area contributed by atoms with Crippen molar-refractivity contribution in [3.05, 3.63) is 48.0 Å². The van der Waals surface area contributed by atoms with Crippen molar-refractivity contribution in [2.45, 2.75) is 26.3 Å². The van der Waals surface area contributed by atoms with Crippen molar-refractivity contribution in [3.8, 4) is 11.5 Å². The Bertz CT molecular complexity index is 1100. The first-order valence-corrected chi connectivity index (χ1v) is 12.1. The van der Waals surface area contributed by atoms with Crippen LogP contribution in [0.3, 0.4) is 0 Å². The molecule has 0 aliphatic carbocycles. The Kier molecular flexibility index (Phi) is 7.24. The largest absolute Gasteiger partial charge is 0.486 e. The third kappa shape index (κ3) is 5.31. The number of carbonyl (C=O) groups excluding carboxylic acids is 2. The van der Waals surface area contributed by atoms with Crippen LogP contribution in [-0.4, -0.2) is 52.3 Å². The van der Waals surface area contributed by atoms with Crippen LogP contribution in [0.25, 0.3) is 0 Å². The number of nitrogens with one attached hydrogen (secondary N) is 2. The molecule has 32 heavy (non-hydrogen) atoms. The molecular weight excluding hydrogens is 434 g/mol. The van der Waals surface area contributed by atoms with E-state index in [1.54, 1.807) is 36.4 Å². The van der Waals surface area contributed by atoms with Crippen molar-refractivity contribution < 1.29 is 27.5 Å². The number of para-hydroxylation sites is 1. The summed E-state index contributed by atoms with van der Waals surface area (Å²) in [6, 6.07) is 10.2. The van der Waals surface area contributed by atoms with Gasteiger partial charge in [0.1, 0.15) is 19.3 Å². The van der Waals surface area contributed by atoms with Gasteiger partial charge in [-0.25, -0.2) is 8.42 Å². The van der Waals surface area contributed by atoms with Gasteiger partial charge in [0.25, 0.3) is 5.91 Å². The van der Waals surface area contributed by atoms with Crippen molar-refractivity contribution >= 4 is 33.2 Å². The molecule has 3 rings (SSSR count). The summed E-state index contributed by atoms with van der Waals surface area (Å²) in [5.41, 5.74) is 0.869. The summed E-state index contributed by atoms with van der Waals surface area (Å²) in [5, 5.41) is 5.46. The number of amides is 2. The number of fused-ring (bicyclic) bond motifs is 1. The number of ether oxygens (including phenoxy) is 2. The van der Waals surface area contributed by atoms with Crippen LogP contribution >= 0.6 is 0 Å². The van der Waals surface area contributed by atoms with Gasteiger partial charge in [-0.1, -0.05) is 19.1 Å². The summed E-state index contributed by atoms with van der Waals surface area (Å²) >= 11 is 0. The van der Waals surface area contributed by atoms with Gasteiger partial charge in [-0.05, 0) is 37.6 Å². The van der Waals surface area contributed by atoms with Crippen molar-refractivity contribution in [2.24, 2.45) is 0 Å². The van der Waals surface area contributed by atoms with Crippen LogP contribution < -0.4 is 24.4 Å². The molecule has 0 spiro atoms. The van der Waals surface area contributed by atoms with Gasteiger partial charge in [-0.3, -0.25) is 13.9 Å². The van der Waals surface area contributed by atoms with Crippen LogP contribution in [0.1, 0.15) is 30.6 Å². The molecule has 2 aromatic rings. The molecule has 0 unspecified atom stereocenters. The zero-order valence-corrected chi connectivity index (χ0v) is 19.1. The summed E-state index contributed by atoms with van der Waals surface area (Å²) in [4.78, 5) is 25.5. The molecule has 0 aromatic heterocycles. The fourth-order valence-electron chi connectivity index (χ4n) is 3.34. The Morgan fingerprint density at radius 2 is 1.78 bits per heavy atom. The van der Waals surface area contributed by atoms with E-state index in [9.17, 15) is 18.0 Å². The maximum Gasteiger partial charge on any atom is 0.253 e. The number of benzene rings is 2. The molecule has 2 amide bonds. The summed E-state index contributed by atoms with van der Waals surface area (Å²) in [5.74, 6) is 0.0220. The number of nitrogens with zero attached hydrogens (tertiary/aromatic N) is 1. The van der Waals surface area contributed by atoms with E-state index in [1.807, 2.05) is 6.92 Å². The molecule has 9 nitrogen and oxygen atoms in total. The molecule has 10 heteroatoms. The maximum absolute atomic E-state index is 13.0. The second-order valence-corrected chi connectivity index (χ2v) is 9.21. The Balaban J connectivity index is 1.87. The van der Waals surface area contributed by atoms with Crippen molar-refractivity contribution in [1.82, 2.24) is 5.32 Å². The van der Waals surface area contributed by atoms with Crippen LogP contribution in [0.4, 0.5) is 11.4 Å². The second kappa shape index (κ2) is 9.90. The Labute approximate surface area is 187 Å². The molecule has 0 saturated carbocycles. The van der Waals surface area contributed by atoms with Crippen LogP contribution in [-0.2, 0) is 14.8 Å². The highest BCUT2D eigenvalue weighted by atomic mass is 32.2. The fourth-order valence-corrected chi connectivity index (χ4v) is 4.51. The highest BCUT2D eigenvalue weighted by Gasteiger charge is 2.31. The zero-order chi connectivity index (χ0) is 23.3. The molecular formula is C22H27N3O6S. The average Bonchev–Trinajstić information content (AvgIpc) is 2.76. The van der Waals surface area contributed by atoms with Crippen LogP contribution in [0.2, 0.25) is 0 Å². The molecule has 0 saturated heterocycles. The van der Waals surface area contributed by atoms with Crippen molar-refractivity contribution in [3.63, 3.8) is 0 Å². The van der Waals surface area contributed by atoms with E-state index in [0.29, 0.717) is 42.5 Å². The highest BCUT2D eigenvalue weighted by Crippen LogP contribution is 2.35. The molecule has 172 valence electrons. The number of carbonyl (C=O) groups is 2. The van der Waals surface area contributed by atoms with Gasteiger partial charge >= 0.3 is 0 Å². The molecule has 1 aliphatic heterocycles. The summed E-state index contributed by atoms with van der Waals surface area (Å²) in [6.07, 6.45) is 1.80. The molecule has 0 fully saturated rings. The zero-order valence-electron chi connectivity index (χ0n) is 18.3. The summed E-state index contributed by atoms with van der Waals surface area (Å²) in [6.45, 7) is 4.68. The molecule has 1 aliphatic rings. The second-order valence-electron chi connectivity index (χ2n) is 7.35. The first kappa shape index (κ1) is 23.4. The monoisotopic (exact) mass is 461 g/mol. The normalized spacial score (nSPS) is 13.7.